The third kappa shape index (κ3) is 3.89. The highest BCUT2D eigenvalue weighted by Crippen LogP contribution is 2.22. The normalized spacial score (nSPS) is 13.3. The zero-order valence-corrected chi connectivity index (χ0v) is 13.1. The maximum Gasteiger partial charge on any atom is 0.247 e. The van der Waals surface area contributed by atoms with Gasteiger partial charge in [0.2, 0.25) is 11.8 Å². The van der Waals surface area contributed by atoms with Crippen molar-refractivity contribution in [3.05, 3.63) is 30.2 Å². The van der Waals surface area contributed by atoms with E-state index in [0.717, 1.165) is 13.0 Å². The summed E-state index contributed by atoms with van der Waals surface area (Å²) in [6, 6.07) is 6.39. The van der Waals surface area contributed by atoms with E-state index in [-0.39, 0.29) is 10.9 Å². The molecule has 114 valence electrons. The molecule has 1 atom stereocenters. The third-order valence-electron chi connectivity index (χ3n) is 3.04. The lowest BCUT2D eigenvalue weighted by Gasteiger charge is -2.07. The summed E-state index contributed by atoms with van der Waals surface area (Å²) in [5, 5.41) is 11.3. The zero-order valence-electron chi connectivity index (χ0n) is 12.3. The van der Waals surface area contributed by atoms with E-state index in [2.05, 4.69) is 22.4 Å². The van der Waals surface area contributed by atoms with E-state index in [4.69, 9.17) is 4.42 Å². The highest BCUT2D eigenvalue weighted by molar-refractivity contribution is 7.90. The molecule has 0 radical (unpaired) electrons. The first-order valence-corrected chi connectivity index (χ1v) is 8.68. The Morgan fingerprint density at radius 1 is 1.24 bits per heavy atom. The van der Waals surface area contributed by atoms with Crippen molar-refractivity contribution in [1.29, 1.82) is 0 Å². The first-order chi connectivity index (χ1) is 9.91. The summed E-state index contributed by atoms with van der Waals surface area (Å²) in [6.07, 6.45) is 2.20. The number of rotatable bonds is 6. The molecule has 1 unspecified atom stereocenters. The van der Waals surface area contributed by atoms with Crippen LogP contribution in [0.2, 0.25) is 0 Å². The summed E-state index contributed by atoms with van der Waals surface area (Å²) >= 11 is 0. The Balaban J connectivity index is 2.18. The molecule has 0 amide bonds. The van der Waals surface area contributed by atoms with E-state index < -0.39 is 9.84 Å². The third-order valence-corrected chi connectivity index (χ3v) is 4.17. The summed E-state index contributed by atoms with van der Waals surface area (Å²) in [7, 11) is -3.20. The molecule has 0 saturated carbocycles. The number of aromatic nitrogens is 2. The van der Waals surface area contributed by atoms with Crippen LogP contribution < -0.4 is 5.32 Å². The van der Waals surface area contributed by atoms with Crippen molar-refractivity contribution in [3.63, 3.8) is 0 Å². The highest BCUT2D eigenvalue weighted by Gasteiger charge is 2.15. The van der Waals surface area contributed by atoms with Crippen LogP contribution in [0.15, 0.2) is 33.6 Å². The van der Waals surface area contributed by atoms with Gasteiger partial charge in [0.05, 0.1) is 10.9 Å². The van der Waals surface area contributed by atoms with E-state index >= 15 is 0 Å². The number of benzene rings is 1. The summed E-state index contributed by atoms with van der Waals surface area (Å²) in [5.74, 6) is 0.904. The van der Waals surface area contributed by atoms with Crippen molar-refractivity contribution in [3.8, 4) is 11.5 Å². The van der Waals surface area contributed by atoms with E-state index in [9.17, 15) is 8.42 Å². The van der Waals surface area contributed by atoms with Gasteiger partial charge in [-0.1, -0.05) is 6.92 Å². The lowest BCUT2D eigenvalue weighted by Crippen LogP contribution is -2.19. The molecular formula is C14H19N3O3S. The van der Waals surface area contributed by atoms with Crippen LogP contribution in [0.25, 0.3) is 11.5 Å². The van der Waals surface area contributed by atoms with Gasteiger partial charge in [0.1, 0.15) is 0 Å². The molecule has 0 aliphatic heterocycles. The molecule has 0 spiro atoms. The fourth-order valence-corrected chi connectivity index (χ4v) is 2.45. The average molecular weight is 309 g/mol. The van der Waals surface area contributed by atoms with Crippen LogP contribution in [-0.2, 0) is 9.84 Å². The van der Waals surface area contributed by atoms with Gasteiger partial charge in [-0.2, -0.15) is 0 Å². The van der Waals surface area contributed by atoms with Crippen molar-refractivity contribution in [2.75, 3.05) is 12.8 Å². The largest absolute Gasteiger partial charge is 0.419 e. The second-order valence-corrected chi connectivity index (χ2v) is 6.93. The minimum Gasteiger partial charge on any atom is -0.419 e. The summed E-state index contributed by atoms with van der Waals surface area (Å²) in [4.78, 5) is 0.268. The molecule has 1 N–H and O–H groups in total. The molecule has 0 fully saturated rings. The first-order valence-electron chi connectivity index (χ1n) is 6.79. The number of hydrogen-bond acceptors (Lipinski definition) is 6. The minimum atomic E-state index is -3.20. The SMILES string of the molecule is CCCNC(C)c1nnc(-c2ccc(S(C)(=O)=O)cc2)o1. The number of hydrogen-bond donors (Lipinski definition) is 1. The van der Waals surface area contributed by atoms with Gasteiger partial charge in [0.15, 0.2) is 9.84 Å². The molecule has 7 heteroatoms. The molecule has 21 heavy (non-hydrogen) atoms. The number of nitrogens with zero attached hydrogens (tertiary/aromatic N) is 2. The van der Waals surface area contributed by atoms with Crippen LogP contribution in [0.5, 0.6) is 0 Å². The van der Waals surface area contributed by atoms with Gasteiger partial charge < -0.3 is 9.73 Å². The van der Waals surface area contributed by atoms with Crippen molar-refractivity contribution in [2.45, 2.75) is 31.2 Å². The first kappa shape index (κ1) is 15.7. The lowest BCUT2D eigenvalue weighted by atomic mass is 10.2. The predicted octanol–water partition coefficient (Wildman–Crippen LogP) is 2.20. The van der Waals surface area contributed by atoms with Gasteiger partial charge in [-0.25, -0.2) is 8.42 Å². The van der Waals surface area contributed by atoms with Crippen molar-refractivity contribution in [1.82, 2.24) is 15.5 Å². The Hall–Kier alpha value is -1.73. The topological polar surface area (TPSA) is 85.1 Å². The molecule has 1 heterocycles. The lowest BCUT2D eigenvalue weighted by molar-refractivity contribution is 0.423. The van der Waals surface area contributed by atoms with E-state index in [1.54, 1.807) is 12.1 Å². The average Bonchev–Trinajstić information content (AvgIpc) is 2.94. The van der Waals surface area contributed by atoms with Gasteiger partial charge >= 0.3 is 0 Å². The minimum absolute atomic E-state index is 0.0125. The maximum atomic E-state index is 11.4. The predicted molar refractivity (Wildman–Crippen MR) is 79.6 cm³/mol. The molecule has 2 rings (SSSR count). The molecular weight excluding hydrogens is 290 g/mol. The molecule has 1 aromatic heterocycles. The van der Waals surface area contributed by atoms with Gasteiger partial charge in [0.25, 0.3) is 0 Å². The van der Waals surface area contributed by atoms with Gasteiger partial charge in [-0.15, -0.1) is 10.2 Å². The van der Waals surface area contributed by atoms with Crippen molar-refractivity contribution in [2.24, 2.45) is 0 Å². The van der Waals surface area contributed by atoms with Crippen LogP contribution in [0.4, 0.5) is 0 Å². The molecule has 0 bridgehead atoms. The Bertz CT molecular complexity index is 693. The summed E-state index contributed by atoms with van der Waals surface area (Å²) in [6.45, 7) is 4.92. The second kappa shape index (κ2) is 6.36. The van der Waals surface area contributed by atoms with E-state index in [0.29, 0.717) is 17.3 Å². The molecule has 2 aromatic rings. The molecule has 1 aromatic carbocycles. The van der Waals surface area contributed by atoms with E-state index in [1.165, 1.54) is 18.4 Å². The molecule has 0 saturated heterocycles. The second-order valence-electron chi connectivity index (χ2n) is 4.92. The van der Waals surface area contributed by atoms with Crippen LogP contribution in [0.3, 0.4) is 0 Å². The van der Waals surface area contributed by atoms with Gasteiger partial charge in [-0.05, 0) is 44.2 Å². The maximum absolute atomic E-state index is 11.4. The Labute approximate surface area is 124 Å². The van der Waals surface area contributed by atoms with E-state index in [1.807, 2.05) is 6.92 Å². The molecule has 6 nitrogen and oxygen atoms in total. The fraction of sp³-hybridized carbons (Fsp3) is 0.429. The highest BCUT2D eigenvalue weighted by atomic mass is 32.2. The van der Waals surface area contributed by atoms with Gasteiger partial charge in [0, 0.05) is 11.8 Å². The fourth-order valence-electron chi connectivity index (χ4n) is 1.82. The summed E-state index contributed by atoms with van der Waals surface area (Å²) in [5.41, 5.74) is 0.698. The summed E-state index contributed by atoms with van der Waals surface area (Å²) < 4.78 is 28.4. The van der Waals surface area contributed by atoms with Crippen LogP contribution >= 0.6 is 0 Å². The van der Waals surface area contributed by atoms with Gasteiger partial charge in [-0.3, -0.25) is 0 Å². The Morgan fingerprint density at radius 2 is 1.90 bits per heavy atom. The standard InChI is InChI=1S/C14H19N3O3S/c1-4-9-15-10(2)13-16-17-14(20-13)11-5-7-12(8-6-11)21(3,18)19/h5-8,10,15H,4,9H2,1-3H3. The van der Waals surface area contributed by atoms with Crippen molar-refractivity contribution < 1.29 is 12.8 Å². The molecule has 0 aliphatic rings. The van der Waals surface area contributed by atoms with Crippen LogP contribution in [-0.4, -0.2) is 31.4 Å². The van der Waals surface area contributed by atoms with Crippen LogP contribution in [0.1, 0.15) is 32.2 Å². The Kier molecular flexibility index (Phi) is 4.74. The zero-order chi connectivity index (χ0) is 15.5. The number of sulfone groups is 1. The quantitative estimate of drug-likeness (QED) is 0.880. The number of nitrogens with one attached hydrogen (secondary N) is 1. The monoisotopic (exact) mass is 309 g/mol. The smallest absolute Gasteiger partial charge is 0.247 e. The van der Waals surface area contributed by atoms with Crippen LogP contribution in [0, 0.1) is 0 Å². The molecule has 0 aliphatic carbocycles. The Morgan fingerprint density at radius 3 is 2.48 bits per heavy atom. The van der Waals surface area contributed by atoms with Crippen molar-refractivity contribution >= 4 is 9.84 Å².